The molecule has 0 aliphatic heterocycles. The first kappa shape index (κ1) is 11.6. The lowest BCUT2D eigenvalue weighted by molar-refractivity contribution is -0.0479. The van der Waals surface area contributed by atoms with Crippen LogP contribution in [0, 0.1) is 0 Å². The molecule has 9 heavy (non-hydrogen) atoms. The molecule has 0 aliphatic carbocycles. The molecule has 4 N–H and O–H groups in total. The molecule has 0 aromatic heterocycles. The van der Waals surface area contributed by atoms with Gasteiger partial charge in [0.2, 0.25) is 0 Å². The largest absolute Gasteiger partial charge is 0.412 e. The standard InChI is InChI=1S/C6H15NO.H2O/c1-5(7)8-6(2,3)4;/h5H,7H2,1-4H3;1H2. The van der Waals surface area contributed by atoms with Crippen LogP contribution in [-0.4, -0.2) is 17.3 Å². The van der Waals surface area contributed by atoms with Crippen molar-refractivity contribution in [1.82, 2.24) is 0 Å². The number of hydrogen-bond donors (Lipinski definition) is 1. The average molecular weight is 135 g/mol. The fourth-order valence-electron chi connectivity index (χ4n) is 0.558. The second kappa shape index (κ2) is 3.82. The zero-order valence-electron chi connectivity index (χ0n) is 6.56. The maximum absolute atomic E-state index is 5.36. The third-order valence-electron chi connectivity index (χ3n) is 0.539. The van der Waals surface area contributed by atoms with E-state index in [0.717, 1.165) is 0 Å². The summed E-state index contributed by atoms with van der Waals surface area (Å²) in [5.74, 6) is 0. The number of rotatable bonds is 1. The van der Waals surface area contributed by atoms with Crippen LogP contribution < -0.4 is 5.73 Å². The molecule has 0 aliphatic rings. The highest BCUT2D eigenvalue weighted by Crippen LogP contribution is 2.06. The second-order valence-corrected chi connectivity index (χ2v) is 2.94. The zero-order chi connectivity index (χ0) is 6.78. The molecule has 0 rings (SSSR count). The van der Waals surface area contributed by atoms with Crippen LogP contribution >= 0.6 is 0 Å². The van der Waals surface area contributed by atoms with Crippen molar-refractivity contribution < 1.29 is 10.2 Å². The highest BCUT2D eigenvalue weighted by Gasteiger charge is 2.11. The summed E-state index contributed by atoms with van der Waals surface area (Å²) in [6.45, 7) is 7.77. The van der Waals surface area contributed by atoms with Gasteiger partial charge in [0, 0.05) is 0 Å². The van der Waals surface area contributed by atoms with Crippen molar-refractivity contribution in [3.05, 3.63) is 0 Å². The molecule has 1 unspecified atom stereocenters. The molecule has 1 atom stereocenters. The molecular weight excluding hydrogens is 118 g/mol. The van der Waals surface area contributed by atoms with Crippen molar-refractivity contribution in [2.24, 2.45) is 5.73 Å². The van der Waals surface area contributed by atoms with Crippen LogP contribution in [0.2, 0.25) is 0 Å². The van der Waals surface area contributed by atoms with E-state index in [4.69, 9.17) is 10.5 Å². The minimum atomic E-state index is -0.157. The third-order valence-corrected chi connectivity index (χ3v) is 0.539. The molecule has 3 nitrogen and oxygen atoms in total. The minimum Gasteiger partial charge on any atom is -0.412 e. The van der Waals surface area contributed by atoms with Crippen molar-refractivity contribution in [2.75, 3.05) is 0 Å². The number of nitrogens with two attached hydrogens (primary N) is 1. The van der Waals surface area contributed by atoms with Gasteiger partial charge in [-0.1, -0.05) is 0 Å². The summed E-state index contributed by atoms with van der Waals surface area (Å²) < 4.78 is 5.22. The molecule has 0 aromatic rings. The van der Waals surface area contributed by atoms with Crippen LogP contribution in [0.1, 0.15) is 27.7 Å². The van der Waals surface area contributed by atoms with Crippen molar-refractivity contribution in [2.45, 2.75) is 39.5 Å². The lowest BCUT2D eigenvalue weighted by atomic mass is 10.2. The Labute approximate surface area is 56.5 Å². The van der Waals surface area contributed by atoms with Crippen LogP contribution in [0.4, 0.5) is 0 Å². The van der Waals surface area contributed by atoms with Gasteiger partial charge < -0.3 is 15.9 Å². The van der Waals surface area contributed by atoms with Gasteiger partial charge in [-0.2, -0.15) is 0 Å². The van der Waals surface area contributed by atoms with E-state index in [9.17, 15) is 0 Å². The Balaban J connectivity index is 0. The summed E-state index contributed by atoms with van der Waals surface area (Å²) >= 11 is 0. The van der Waals surface area contributed by atoms with E-state index < -0.39 is 0 Å². The van der Waals surface area contributed by atoms with Gasteiger partial charge in [-0.15, -0.1) is 0 Å². The third kappa shape index (κ3) is 11.4. The Kier molecular flexibility index (Phi) is 4.95. The summed E-state index contributed by atoms with van der Waals surface area (Å²) in [5.41, 5.74) is 5.25. The van der Waals surface area contributed by atoms with Crippen LogP contribution in [0.25, 0.3) is 0 Å². The second-order valence-electron chi connectivity index (χ2n) is 2.94. The number of ether oxygens (including phenoxy) is 1. The molecule has 0 amide bonds. The summed E-state index contributed by atoms with van der Waals surface area (Å²) in [5, 5.41) is 0. The predicted octanol–water partition coefficient (Wildman–Crippen LogP) is 0.281. The van der Waals surface area contributed by atoms with Crippen LogP contribution in [-0.2, 0) is 4.74 Å². The Morgan fingerprint density at radius 1 is 1.33 bits per heavy atom. The lowest BCUT2D eigenvalue weighted by Gasteiger charge is -2.21. The van der Waals surface area contributed by atoms with Gasteiger partial charge in [0.05, 0.1) is 5.60 Å². The molecule has 0 spiro atoms. The fraction of sp³-hybridized carbons (Fsp3) is 1.00. The molecule has 0 bridgehead atoms. The van der Waals surface area contributed by atoms with Crippen LogP contribution in [0.3, 0.4) is 0 Å². The fourth-order valence-corrected chi connectivity index (χ4v) is 0.558. The van der Waals surface area contributed by atoms with Crippen molar-refractivity contribution in [3.63, 3.8) is 0 Å². The average Bonchev–Trinajstić information content (AvgIpc) is 1.21. The van der Waals surface area contributed by atoms with Crippen LogP contribution in [0.5, 0.6) is 0 Å². The summed E-state index contributed by atoms with van der Waals surface area (Å²) in [6, 6.07) is 0. The van der Waals surface area contributed by atoms with Gasteiger partial charge in [-0.3, -0.25) is 0 Å². The maximum atomic E-state index is 5.36. The monoisotopic (exact) mass is 135 g/mol. The molecular formula is C6H17NO2. The van der Waals surface area contributed by atoms with Crippen molar-refractivity contribution >= 4 is 0 Å². The van der Waals surface area contributed by atoms with E-state index >= 15 is 0 Å². The summed E-state index contributed by atoms with van der Waals surface area (Å²) in [6.07, 6.45) is -0.157. The maximum Gasteiger partial charge on any atom is 0.103 e. The van der Waals surface area contributed by atoms with Gasteiger partial charge >= 0.3 is 0 Å². The molecule has 3 heteroatoms. The van der Waals surface area contributed by atoms with Gasteiger partial charge in [-0.05, 0) is 27.7 Å². The van der Waals surface area contributed by atoms with Crippen molar-refractivity contribution in [3.8, 4) is 0 Å². The minimum absolute atomic E-state index is 0. The number of hydrogen-bond acceptors (Lipinski definition) is 2. The highest BCUT2D eigenvalue weighted by molar-refractivity contribution is 4.59. The van der Waals surface area contributed by atoms with E-state index in [0.29, 0.717) is 0 Å². The van der Waals surface area contributed by atoms with E-state index in [1.165, 1.54) is 0 Å². The topological polar surface area (TPSA) is 66.8 Å². The molecule has 0 heterocycles. The van der Waals surface area contributed by atoms with Gasteiger partial charge in [0.15, 0.2) is 0 Å². The molecule has 58 valence electrons. The van der Waals surface area contributed by atoms with E-state index in [2.05, 4.69) is 0 Å². The van der Waals surface area contributed by atoms with Gasteiger partial charge in [0.1, 0.15) is 6.23 Å². The van der Waals surface area contributed by atoms with Gasteiger partial charge in [-0.25, -0.2) is 0 Å². The van der Waals surface area contributed by atoms with Crippen LogP contribution in [0.15, 0.2) is 0 Å². The highest BCUT2D eigenvalue weighted by atomic mass is 16.5. The Morgan fingerprint density at radius 3 is 1.67 bits per heavy atom. The van der Waals surface area contributed by atoms with Gasteiger partial charge in [0.25, 0.3) is 0 Å². The Bertz CT molecular complexity index is 65.9. The zero-order valence-corrected chi connectivity index (χ0v) is 6.56. The molecule has 0 saturated carbocycles. The van der Waals surface area contributed by atoms with Crippen molar-refractivity contribution in [1.29, 1.82) is 0 Å². The molecule has 0 aromatic carbocycles. The first-order chi connectivity index (χ1) is 3.42. The summed E-state index contributed by atoms with van der Waals surface area (Å²) in [4.78, 5) is 0. The predicted molar refractivity (Wildman–Crippen MR) is 38.1 cm³/mol. The quantitative estimate of drug-likeness (QED) is 0.525. The van der Waals surface area contributed by atoms with E-state index in [-0.39, 0.29) is 17.3 Å². The molecule has 0 saturated heterocycles. The first-order valence-electron chi connectivity index (χ1n) is 2.85. The molecule has 0 radical (unpaired) electrons. The molecule has 0 fully saturated rings. The van der Waals surface area contributed by atoms with E-state index in [1.54, 1.807) is 0 Å². The Hall–Kier alpha value is -0.120. The smallest absolute Gasteiger partial charge is 0.103 e. The van der Waals surface area contributed by atoms with E-state index in [1.807, 2.05) is 27.7 Å². The SMILES string of the molecule is CC(N)OC(C)(C)C.O. The lowest BCUT2D eigenvalue weighted by Crippen LogP contribution is -2.30. The first-order valence-corrected chi connectivity index (χ1v) is 2.85. The summed E-state index contributed by atoms with van der Waals surface area (Å²) in [7, 11) is 0. The Morgan fingerprint density at radius 2 is 1.67 bits per heavy atom. The normalized spacial score (nSPS) is 14.3.